The van der Waals surface area contributed by atoms with Crippen LogP contribution in [0.2, 0.25) is 0 Å². The quantitative estimate of drug-likeness (QED) is 0.658. The van der Waals surface area contributed by atoms with Crippen LogP contribution in [0.5, 0.6) is 0 Å². The van der Waals surface area contributed by atoms with Crippen molar-refractivity contribution in [3.8, 4) is 0 Å². The second-order valence-electron chi connectivity index (χ2n) is 7.69. The molecule has 0 aliphatic heterocycles. The minimum Gasteiger partial charge on any atom is -0.316 e. The van der Waals surface area contributed by atoms with Crippen LogP contribution in [0.25, 0.3) is 0 Å². The first-order chi connectivity index (χ1) is 11.7. The van der Waals surface area contributed by atoms with Crippen molar-refractivity contribution in [2.75, 3.05) is 13.1 Å². The van der Waals surface area contributed by atoms with Crippen LogP contribution in [0.1, 0.15) is 49.3 Å². The normalized spacial score (nSPS) is 15.6. The SMILES string of the molecule is CC(C)CNCCCC(c1ccccc1)C1Cc2ccccc2C1. The molecule has 1 atom stereocenters. The summed E-state index contributed by atoms with van der Waals surface area (Å²) in [4.78, 5) is 0. The molecule has 0 saturated heterocycles. The first kappa shape index (κ1) is 17.2. The largest absolute Gasteiger partial charge is 0.316 e. The van der Waals surface area contributed by atoms with Crippen LogP contribution in [-0.4, -0.2) is 13.1 Å². The lowest BCUT2D eigenvalue weighted by Crippen LogP contribution is -2.22. The Kier molecular flexibility index (Phi) is 6.09. The van der Waals surface area contributed by atoms with E-state index in [0.717, 1.165) is 24.9 Å². The Morgan fingerprint density at radius 2 is 1.54 bits per heavy atom. The summed E-state index contributed by atoms with van der Waals surface area (Å²) in [6.07, 6.45) is 5.04. The van der Waals surface area contributed by atoms with Crippen LogP contribution in [0.4, 0.5) is 0 Å². The molecular weight excluding hydrogens is 290 g/mol. The van der Waals surface area contributed by atoms with Gasteiger partial charge in [-0.3, -0.25) is 0 Å². The molecule has 0 fully saturated rings. The summed E-state index contributed by atoms with van der Waals surface area (Å²) in [7, 11) is 0. The van der Waals surface area contributed by atoms with Crippen molar-refractivity contribution >= 4 is 0 Å². The third kappa shape index (κ3) is 4.48. The zero-order valence-corrected chi connectivity index (χ0v) is 15.2. The average Bonchev–Trinajstić information content (AvgIpc) is 3.02. The molecule has 1 heteroatoms. The molecule has 2 aromatic carbocycles. The van der Waals surface area contributed by atoms with E-state index in [0.29, 0.717) is 5.92 Å². The molecule has 3 rings (SSSR count). The number of rotatable bonds is 8. The average molecular weight is 322 g/mol. The number of hydrogen-bond acceptors (Lipinski definition) is 1. The van der Waals surface area contributed by atoms with Crippen LogP contribution in [-0.2, 0) is 12.8 Å². The van der Waals surface area contributed by atoms with Gasteiger partial charge in [-0.2, -0.15) is 0 Å². The minimum absolute atomic E-state index is 0.680. The van der Waals surface area contributed by atoms with Crippen molar-refractivity contribution in [2.45, 2.75) is 45.4 Å². The van der Waals surface area contributed by atoms with Crippen molar-refractivity contribution in [3.05, 3.63) is 71.3 Å². The molecule has 1 N–H and O–H groups in total. The van der Waals surface area contributed by atoms with Crippen molar-refractivity contribution < 1.29 is 0 Å². The molecule has 0 aromatic heterocycles. The van der Waals surface area contributed by atoms with Crippen molar-refractivity contribution in [1.29, 1.82) is 0 Å². The van der Waals surface area contributed by atoms with Crippen molar-refractivity contribution in [2.24, 2.45) is 11.8 Å². The molecule has 1 aliphatic rings. The molecule has 0 heterocycles. The van der Waals surface area contributed by atoms with Gasteiger partial charge in [-0.15, -0.1) is 0 Å². The molecule has 1 nitrogen and oxygen atoms in total. The topological polar surface area (TPSA) is 12.0 Å². The highest BCUT2D eigenvalue weighted by molar-refractivity contribution is 5.34. The second kappa shape index (κ2) is 8.48. The van der Waals surface area contributed by atoms with E-state index in [4.69, 9.17) is 0 Å². The maximum atomic E-state index is 3.60. The number of hydrogen-bond donors (Lipinski definition) is 1. The first-order valence-corrected chi connectivity index (χ1v) is 9.56. The summed E-state index contributed by atoms with van der Waals surface area (Å²) in [6.45, 7) is 6.82. The Labute approximate surface area is 147 Å². The predicted octanol–water partition coefficient (Wildman–Crippen LogP) is 5.21. The van der Waals surface area contributed by atoms with Crippen LogP contribution in [0, 0.1) is 11.8 Å². The van der Waals surface area contributed by atoms with Crippen LogP contribution in [0.3, 0.4) is 0 Å². The summed E-state index contributed by atoms with van der Waals surface area (Å²) in [6, 6.07) is 20.2. The Balaban J connectivity index is 1.63. The van der Waals surface area contributed by atoms with Gasteiger partial charge in [0, 0.05) is 0 Å². The summed E-state index contributed by atoms with van der Waals surface area (Å²) >= 11 is 0. The van der Waals surface area contributed by atoms with Crippen molar-refractivity contribution in [3.63, 3.8) is 0 Å². The Morgan fingerprint density at radius 3 is 2.17 bits per heavy atom. The monoisotopic (exact) mass is 321 g/mol. The molecule has 1 aliphatic carbocycles. The molecule has 0 bridgehead atoms. The fraction of sp³-hybridized carbons (Fsp3) is 0.478. The summed E-state index contributed by atoms with van der Waals surface area (Å²) in [5.74, 6) is 2.17. The van der Waals surface area contributed by atoms with Crippen LogP contribution >= 0.6 is 0 Å². The molecule has 2 aromatic rings. The highest BCUT2D eigenvalue weighted by Gasteiger charge is 2.29. The maximum Gasteiger partial charge on any atom is -0.00258 e. The fourth-order valence-corrected chi connectivity index (χ4v) is 4.09. The Hall–Kier alpha value is -1.60. The summed E-state index contributed by atoms with van der Waals surface area (Å²) in [5.41, 5.74) is 4.67. The van der Waals surface area contributed by atoms with Gasteiger partial charge in [0.2, 0.25) is 0 Å². The number of nitrogens with one attached hydrogen (secondary N) is 1. The standard InChI is InChI=1S/C23H31N/c1-18(2)17-24-14-8-13-23(19-9-4-3-5-10-19)22-15-20-11-6-7-12-21(20)16-22/h3-7,9-12,18,22-24H,8,13-17H2,1-2H3. The van der Waals surface area contributed by atoms with Gasteiger partial charge in [-0.25, -0.2) is 0 Å². The van der Waals surface area contributed by atoms with E-state index in [1.165, 1.54) is 31.2 Å². The lowest BCUT2D eigenvalue weighted by atomic mass is 9.81. The molecule has 0 radical (unpaired) electrons. The molecule has 128 valence electrons. The Morgan fingerprint density at radius 1 is 0.917 bits per heavy atom. The predicted molar refractivity (Wildman–Crippen MR) is 103 cm³/mol. The van der Waals surface area contributed by atoms with Gasteiger partial charge < -0.3 is 5.32 Å². The molecule has 0 spiro atoms. The molecule has 1 unspecified atom stereocenters. The van der Waals surface area contributed by atoms with E-state index in [1.54, 1.807) is 11.1 Å². The van der Waals surface area contributed by atoms with Gasteiger partial charge >= 0.3 is 0 Å². The highest BCUT2D eigenvalue weighted by atomic mass is 14.8. The zero-order valence-electron chi connectivity index (χ0n) is 15.2. The van der Waals surface area contributed by atoms with E-state index in [9.17, 15) is 0 Å². The smallest absolute Gasteiger partial charge is 0.00258 e. The maximum absolute atomic E-state index is 3.60. The van der Waals surface area contributed by atoms with Crippen LogP contribution in [0.15, 0.2) is 54.6 Å². The van der Waals surface area contributed by atoms with Gasteiger partial charge in [-0.1, -0.05) is 68.4 Å². The van der Waals surface area contributed by atoms with Gasteiger partial charge in [-0.05, 0) is 73.2 Å². The van der Waals surface area contributed by atoms with Gasteiger partial charge in [0.25, 0.3) is 0 Å². The van der Waals surface area contributed by atoms with Crippen molar-refractivity contribution in [1.82, 2.24) is 5.32 Å². The number of benzene rings is 2. The summed E-state index contributed by atoms with van der Waals surface area (Å²) < 4.78 is 0. The lowest BCUT2D eigenvalue weighted by molar-refractivity contribution is 0.403. The zero-order chi connectivity index (χ0) is 16.8. The lowest BCUT2D eigenvalue weighted by Gasteiger charge is -2.24. The van der Waals surface area contributed by atoms with Crippen LogP contribution < -0.4 is 5.32 Å². The second-order valence-corrected chi connectivity index (χ2v) is 7.69. The fourth-order valence-electron chi connectivity index (χ4n) is 4.09. The third-order valence-electron chi connectivity index (χ3n) is 5.30. The molecular formula is C23H31N. The molecule has 0 amide bonds. The minimum atomic E-state index is 0.680. The molecule has 24 heavy (non-hydrogen) atoms. The third-order valence-corrected chi connectivity index (χ3v) is 5.30. The van der Waals surface area contributed by atoms with Gasteiger partial charge in [0.1, 0.15) is 0 Å². The van der Waals surface area contributed by atoms with E-state index >= 15 is 0 Å². The number of fused-ring (bicyclic) bond motifs is 1. The van der Waals surface area contributed by atoms with E-state index in [2.05, 4.69) is 73.8 Å². The summed E-state index contributed by atoms with van der Waals surface area (Å²) in [5, 5.41) is 3.60. The highest BCUT2D eigenvalue weighted by Crippen LogP contribution is 2.39. The van der Waals surface area contributed by atoms with E-state index in [1.807, 2.05) is 0 Å². The van der Waals surface area contributed by atoms with Gasteiger partial charge in [0.05, 0.1) is 0 Å². The Bertz CT molecular complexity index is 592. The molecule has 0 saturated carbocycles. The van der Waals surface area contributed by atoms with E-state index < -0.39 is 0 Å². The first-order valence-electron chi connectivity index (χ1n) is 9.56. The van der Waals surface area contributed by atoms with Gasteiger partial charge in [0.15, 0.2) is 0 Å². The van der Waals surface area contributed by atoms with E-state index in [-0.39, 0.29) is 0 Å².